The molecule has 0 radical (unpaired) electrons. The molecule has 2 aliphatic heterocycles. The van der Waals surface area contributed by atoms with Crippen LogP contribution >= 0.6 is 0 Å². The topological polar surface area (TPSA) is 35.6 Å². The molecule has 0 aromatic heterocycles. The Labute approximate surface area is 167 Å². The zero-order valence-corrected chi connectivity index (χ0v) is 15.6. The predicted molar refractivity (Wildman–Crippen MR) is 106 cm³/mol. The van der Waals surface area contributed by atoms with E-state index in [1.54, 1.807) is 12.4 Å². The number of nitrogens with zero attached hydrogens (tertiary/aromatic N) is 2. The van der Waals surface area contributed by atoms with Crippen LogP contribution in [0.4, 0.5) is 8.78 Å². The highest BCUT2D eigenvalue weighted by atomic mass is 19.1. The van der Waals surface area contributed by atoms with Gasteiger partial charge in [-0.25, -0.2) is 14.2 Å². The van der Waals surface area contributed by atoms with E-state index in [9.17, 15) is 13.6 Å². The number of amides is 1. The normalized spacial score (nSPS) is 21.1. The number of carbonyl (C=O) groups is 1. The first-order valence-corrected chi connectivity index (χ1v) is 9.55. The first kappa shape index (κ1) is 17.8. The molecule has 1 fully saturated rings. The molecule has 2 heterocycles. The lowest BCUT2D eigenvalue weighted by Crippen LogP contribution is -2.47. The molecule has 3 aromatic carbocycles. The summed E-state index contributed by atoms with van der Waals surface area (Å²) < 4.78 is 27.2. The largest absolute Gasteiger partial charge is 0.311 e. The SMILES string of the molecule is O=C1C2CC(c3cccc4ccccc34)NN2C=CN1Cc1ccc(F)cc1F. The van der Waals surface area contributed by atoms with Gasteiger partial charge in [0.1, 0.15) is 17.7 Å². The number of hydrazine groups is 1. The third kappa shape index (κ3) is 3.15. The van der Waals surface area contributed by atoms with Gasteiger partial charge in [-0.3, -0.25) is 4.79 Å². The Balaban J connectivity index is 1.38. The van der Waals surface area contributed by atoms with Crippen molar-refractivity contribution >= 4 is 16.7 Å². The first-order chi connectivity index (χ1) is 14.1. The fourth-order valence-corrected chi connectivity index (χ4v) is 4.16. The minimum Gasteiger partial charge on any atom is -0.311 e. The van der Waals surface area contributed by atoms with Gasteiger partial charge in [0.2, 0.25) is 0 Å². The maximum absolute atomic E-state index is 14.0. The van der Waals surface area contributed by atoms with Gasteiger partial charge in [-0.1, -0.05) is 48.5 Å². The van der Waals surface area contributed by atoms with Crippen molar-refractivity contribution in [3.8, 4) is 0 Å². The second-order valence-corrected chi connectivity index (χ2v) is 7.41. The molecule has 3 aromatic rings. The Kier molecular flexibility index (Phi) is 4.28. The summed E-state index contributed by atoms with van der Waals surface area (Å²) in [5, 5.41) is 4.15. The van der Waals surface area contributed by atoms with Crippen molar-refractivity contribution in [2.24, 2.45) is 0 Å². The molecule has 0 saturated carbocycles. The van der Waals surface area contributed by atoms with E-state index in [1.807, 2.05) is 23.2 Å². The number of halogens is 2. The third-order valence-electron chi connectivity index (χ3n) is 5.63. The Morgan fingerprint density at radius 2 is 1.83 bits per heavy atom. The van der Waals surface area contributed by atoms with Crippen molar-refractivity contribution in [1.82, 2.24) is 15.3 Å². The molecule has 1 N–H and O–H groups in total. The van der Waals surface area contributed by atoms with Gasteiger partial charge in [0.25, 0.3) is 5.91 Å². The molecule has 0 bridgehead atoms. The second-order valence-electron chi connectivity index (χ2n) is 7.41. The Hall–Kier alpha value is -3.25. The van der Waals surface area contributed by atoms with Crippen LogP contribution in [0, 0.1) is 11.6 Å². The molecule has 1 amide bonds. The van der Waals surface area contributed by atoms with Gasteiger partial charge in [-0.2, -0.15) is 0 Å². The lowest BCUT2D eigenvalue weighted by Gasteiger charge is -2.31. The fraction of sp³-hybridized carbons (Fsp3) is 0.174. The van der Waals surface area contributed by atoms with Crippen LogP contribution in [0.25, 0.3) is 10.8 Å². The molecular formula is C23H19F2N3O. The van der Waals surface area contributed by atoms with E-state index < -0.39 is 11.6 Å². The molecular weight excluding hydrogens is 372 g/mol. The minimum absolute atomic E-state index is 0.00204. The van der Waals surface area contributed by atoms with Crippen LogP contribution in [0.3, 0.4) is 0 Å². The summed E-state index contributed by atoms with van der Waals surface area (Å²) in [6.07, 6.45) is 4.05. The molecule has 6 heteroatoms. The van der Waals surface area contributed by atoms with E-state index in [0.717, 1.165) is 22.4 Å². The summed E-state index contributed by atoms with van der Waals surface area (Å²) in [5.74, 6) is -1.38. The standard InChI is InChI=1S/C23H19F2N3O/c24-17-9-8-16(20(25)12-17)14-27-10-11-28-22(23(27)29)13-21(26-28)19-7-3-5-15-4-1-2-6-18(15)19/h1-12,21-22,26H,13-14H2. The molecule has 0 spiro atoms. The predicted octanol–water partition coefficient (Wildman–Crippen LogP) is 4.25. The minimum atomic E-state index is -0.646. The van der Waals surface area contributed by atoms with E-state index in [0.29, 0.717) is 6.42 Å². The van der Waals surface area contributed by atoms with Crippen molar-refractivity contribution in [3.05, 3.63) is 95.8 Å². The molecule has 2 atom stereocenters. The highest BCUT2D eigenvalue weighted by Crippen LogP contribution is 2.34. The zero-order chi connectivity index (χ0) is 20.0. The van der Waals surface area contributed by atoms with Crippen LogP contribution in [0.5, 0.6) is 0 Å². The molecule has 2 unspecified atom stereocenters. The van der Waals surface area contributed by atoms with E-state index in [-0.39, 0.29) is 30.1 Å². The molecule has 0 aliphatic carbocycles. The average molecular weight is 391 g/mol. The first-order valence-electron chi connectivity index (χ1n) is 9.55. The van der Waals surface area contributed by atoms with Gasteiger partial charge in [0.05, 0.1) is 12.6 Å². The molecule has 146 valence electrons. The van der Waals surface area contributed by atoms with Crippen molar-refractivity contribution in [1.29, 1.82) is 0 Å². The number of hydrogen-bond acceptors (Lipinski definition) is 3. The Bertz CT molecular complexity index is 1120. The third-order valence-corrected chi connectivity index (χ3v) is 5.63. The summed E-state index contributed by atoms with van der Waals surface area (Å²) in [7, 11) is 0. The van der Waals surface area contributed by atoms with Crippen molar-refractivity contribution in [2.75, 3.05) is 0 Å². The maximum atomic E-state index is 14.0. The number of carbonyl (C=O) groups excluding carboxylic acids is 1. The number of fused-ring (bicyclic) bond motifs is 2. The summed E-state index contributed by atoms with van der Waals surface area (Å²) in [4.78, 5) is 14.5. The van der Waals surface area contributed by atoms with Crippen LogP contribution < -0.4 is 5.43 Å². The van der Waals surface area contributed by atoms with E-state index in [4.69, 9.17) is 0 Å². The maximum Gasteiger partial charge on any atom is 0.251 e. The van der Waals surface area contributed by atoms with Crippen molar-refractivity contribution in [3.63, 3.8) is 0 Å². The Morgan fingerprint density at radius 1 is 1.00 bits per heavy atom. The van der Waals surface area contributed by atoms with Crippen LogP contribution in [0.15, 0.2) is 73.1 Å². The van der Waals surface area contributed by atoms with Crippen molar-refractivity contribution in [2.45, 2.75) is 25.0 Å². The van der Waals surface area contributed by atoms with Gasteiger partial charge in [-0.15, -0.1) is 0 Å². The van der Waals surface area contributed by atoms with Gasteiger partial charge < -0.3 is 9.91 Å². The van der Waals surface area contributed by atoms with Gasteiger partial charge in [0.15, 0.2) is 0 Å². The highest BCUT2D eigenvalue weighted by molar-refractivity contribution is 5.87. The van der Waals surface area contributed by atoms with Gasteiger partial charge in [0, 0.05) is 24.0 Å². The molecule has 1 saturated heterocycles. The van der Waals surface area contributed by atoms with E-state index in [2.05, 4.69) is 29.7 Å². The van der Waals surface area contributed by atoms with E-state index >= 15 is 0 Å². The summed E-state index contributed by atoms with van der Waals surface area (Å²) in [6.45, 7) is 0.0741. The van der Waals surface area contributed by atoms with Gasteiger partial charge in [-0.05, 0) is 28.8 Å². The van der Waals surface area contributed by atoms with Crippen LogP contribution in [0.1, 0.15) is 23.6 Å². The number of hydrogen-bond donors (Lipinski definition) is 1. The highest BCUT2D eigenvalue weighted by Gasteiger charge is 2.40. The summed E-state index contributed by atoms with van der Waals surface area (Å²) in [6, 6.07) is 17.4. The van der Waals surface area contributed by atoms with Crippen LogP contribution in [0.2, 0.25) is 0 Å². The summed E-state index contributed by atoms with van der Waals surface area (Å²) in [5.41, 5.74) is 4.84. The average Bonchev–Trinajstić information content (AvgIpc) is 3.16. The number of nitrogens with one attached hydrogen (secondary N) is 1. The zero-order valence-electron chi connectivity index (χ0n) is 15.6. The number of rotatable bonds is 3. The Morgan fingerprint density at radius 3 is 2.69 bits per heavy atom. The molecule has 5 rings (SSSR count). The monoisotopic (exact) mass is 391 g/mol. The molecule has 4 nitrogen and oxygen atoms in total. The van der Waals surface area contributed by atoms with Gasteiger partial charge >= 0.3 is 0 Å². The fourth-order valence-electron chi connectivity index (χ4n) is 4.16. The smallest absolute Gasteiger partial charge is 0.251 e. The number of benzene rings is 3. The van der Waals surface area contributed by atoms with Crippen LogP contribution in [-0.4, -0.2) is 21.9 Å². The lowest BCUT2D eigenvalue weighted by molar-refractivity contribution is -0.135. The quantitative estimate of drug-likeness (QED) is 0.725. The second kappa shape index (κ2) is 6.97. The molecule has 2 aliphatic rings. The van der Waals surface area contributed by atoms with Crippen molar-refractivity contribution < 1.29 is 13.6 Å². The summed E-state index contributed by atoms with van der Waals surface area (Å²) >= 11 is 0. The van der Waals surface area contributed by atoms with E-state index in [1.165, 1.54) is 17.0 Å². The van der Waals surface area contributed by atoms with Crippen LogP contribution in [-0.2, 0) is 11.3 Å². The lowest BCUT2D eigenvalue weighted by atomic mass is 9.95. The molecule has 29 heavy (non-hydrogen) atoms.